The molecule has 0 aromatic rings. The summed E-state index contributed by atoms with van der Waals surface area (Å²) in [6, 6.07) is 0.00665. The fraction of sp³-hybridized carbons (Fsp3) is 0.867. The van der Waals surface area contributed by atoms with Gasteiger partial charge in [0.15, 0.2) is 0 Å². The molecule has 0 aromatic carbocycles. The molecule has 1 aliphatic heterocycles. The third-order valence-corrected chi connectivity index (χ3v) is 3.92. The highest BCUT2D eigenvalue weighted by Crippen LogP contribution is 2.17. The molecule has 0 bridgehead atoms. The fourth-order valence-electron chi connectivity index (χ4n) is 2.71. The van der Waals surface area contributed by atoms with E-state index in [0.717, 1.165) is 51.9 Å². The number of carbonyl (C=O) groups excluding carboxylic acids is 1. The SMILES string of the molecule is CCCC(CCNC(=O)N1CCCNCC1)CCC(=O)O. The van der Waals surface area contributed by atoms with E-state index in [0.29, 0.717) is 18.9 Å². The van der Waals surface area contributed by atoms with Gasteiger partial charge in [0.05, 0.1) is 0 Å². The second kappa shape index (κ2) is 10.4. The van der Waals surface area contributed by atoms with Gasteiger partial charge in [-0.25, -0.2) is 4.79 Å². The van der Waals surface area contributed by atoms with Crippen molar-refractivity contribution in [1.82, 2.24) is 15.5 Å². The van der Waals surface area contributed by atoms with Crippen molar-refractivity contribution < 1.29 is 14.7 Å². The van der Waals surface area contributed by atoms with Crippen LogP contribution >= 0.6 is 0 Å². The maximum Gasteiger partial charge on any atom is 0.317 e. The van der Waals surface area contributed by atoms with Crippen molar-refractivity contribution in [2.75, 3.05) is 32.7 Å². The van der Waals surface area contributed by atoms with Crippen molar-refractivity contribution in [3.63, 3.8) is 0 Å². The van der Waals surface area contributed by atoms with Gasteiger partial charge in [-0.1, -0.05) is 19.8 Å². The number of rotatable bonds is 8. The van der Waals surface area contributed by atoms with Crippen LogP contribution < -0.4 is 10.6 Å². The molecule has 1 heterocycles. The predicted molar refractivity (Wildman–Crippen MR) is 82.3 cm³/mol. The normalized spacial score (nSPS) is 17.1. The molecule has 6 nitrogen and oxygen atoms in total. The molecular weight excluding hydrogens is 270 g/mol. The standard InChI is InChI=1S/C15H29N3O3/c1-2-4-13(5-6-14(19)20)7-9-17-15(21)18-11-3-8-16-10-12-18/h13,16H,2-12H2,1H3,(H,17,21)(H,19,20). The quantitative estimate of drug-likeness (QED) is 0.636. The van der Waals surface area contributed by atoms with Gasteiger partial charge in [0, 0.05) is 32.6 Å². The van der Waals surface area contributed by atoms with Gasteiger partial charge in [-0.3, -0.25) is 4.79 Å². The molecular formula is C15H29N3O3. The number of nitrogens with zero attached hydrogens (tertiary/aromatic N) is 1. The average Bonchev–Trinajstić information content (AvgIpc) is 2.73. The van der Waals surface area contributed by atoms with Crippen molar-refractivity contribution >= 4 is 12.0 Å². The molecule has 122 valence electrons. The third-order valence-electron chi connectivity index (χ3n) is 3.92. The van der Waals surface area contributed by atoms with Crippen LogP contribution in [-0.4, -0.2) is 54.7 Å². The zero-order chi connectivity index (χ0) is 15.5. The minimum absolute atomic E-state index is 0.00665. The number of amides is 2. The van der Waals surface area contributed by atoms with Crippen molar-refractivity contribution in [2.45, 2.75) is 45.4 Å². The first-order valence-corrected chi connectivity index (χ1v) is 8.08. The number of carboxylic acids is 1. The molecule has 6 heteroatoms. The van der Waals surface area contributed by atoms with E-state index in [1.807, 2.05) is 4.90 Å². The summed E-state index contributed by atoms with van der Waals surface area (Å²) in [4.78, 5) is 24.5. The lowest BCUT2D eigenvalue weighted by Gasteiger charge is -2.21. The Balaban J connectivity index is 2.24. The van der Waals surface area contributed by atoms with Crippen LogP contribution in [0.3, 0.4) is 0 Å². The fourth-order valence-corrected chi connectivity index (χ4v) is 2.71. The number of carbonyl (C=O) groups is 2. The Bertz CT molecular complexity index is 315. The highest BCUT2D eigenvalue weighted by Gasteiger charge is 2.15. The van der Waals surface area contributed by atoms with Gasteiger partial charge in [0.2, 0.25) is 0 Å². The molecule has 0 aromatic heterocycles. The molecule has 2 amide bonds. The largest absolute Gasteiger partial charge is 0.481 e. The van der Waals surface area contributed by atoms with Gasteiger partial charge in [0.1, 0.15) is 0 Å². The zero-order valence-electron chi connectivity index (χ0n) is 13.1. The van der Waals surface area contributed by atoms with Crippen molar-refractivity contribution in [1.29, 1.82) is 0 Å². The summed E-state index contributed by atoms with van der Waals surface area (Å²) in [7, 11) is 0. The van der Waals surface area contributed by atoms with Crippen LogP contribution in [0.2, 0.25) is 0 Å². The first-order chi connectivity index (χ1) is 10.1. The van der Waals surface area contributed by atoms with E-state index in [2.05, 4.69) is 17.6 Å². The summed E-state index contributed by atoms with van der Waals surface area (Å²) in [5.41, 5.74) is 0. The van der Waals surface area contributed by atoms with Gasteiger partial charge in [-0.2, -0.15) is 0 Å². The van der Waals surface area contributed by atoms with E-state index in [1.165, 1.54) is 0 Å². The first kappa shape index (κ1) is 17.8. The Morgan fingerprint density at radius 3 is 2.76 bits per heavy atom. The monoisotopic (exact) mass is 299 g/mol. The molecule has 1 unspecified atom stereocenters. The van der Waals surface area contributed by atoms with Crippen LogP contribution in [-0.2, 0) is 4.79 Å². The van der Waals surface area contributed by atoms with Crippen LogP contribution in [0.1, 0.15) is 45.4 Å². The molecule has 1 rings (SSSR count). The number of hydrogen-bond donors (Lipinski definition) is 3. The summed E-state index contributed by atoms with van der Waals surface area (Å²) in [5, 5.41) is 15.0. The molecule has 21 heavy (non-hydrogen) atoms. The second-order valence-corrected chi connectivity index (χ2v) is 5.70. The topological polar surface area (TPSA) is 81.7 Å². The van der Waals surface area contributed by atoms with Crippen LogP contribution in [0.15, 0.2) is 0 Å². The highest BCUT2D eigenvalue weighted by molar-refractivity contribution is 5.74. The molecule has 0 spiro atoms. The maximum absolute atomic E-state index is 12.0. The second-order valence-electron chi connectivity index (χ2n) is 5.70. The van der Waals surface area contributed by atoms with Gasteiger partial charge >= 0.3 is 12.0 Å². The number of nitrogens with one attached hydrogen (secondary N) is 2. The van der Waals surface area contributed by atoms with Crippen molar-refractivity contribution in [3.05, 3.63) is 0 Å². The lowest BCUT2D eigenvalue weighted by Crippen LogP contribution is -2.42. The van der Waals surface area contributed by atoms with Crippen LogP contribution in [0.5, 0.6) is 0 Å². The number of aliphatic carboxylic acids is 1. The Hall–Kier alpha value is -1.30. The van der Waals surface area contributed by atoms with Crippen molar-refractivity contribution in [2.24, 2.45) is 5.92 Å². The summed E-state index contributed by atoms with van der Waals surface area (Å²) >= 11 is 0. The first-order valence-electron chi connectivity index (χ1n) is 8.08. The zero-order valence-corrected chi connectivity index (χ0v) is 13.1. The number of urea groups is 1. The lowest BCUT2D eigenvalue weighted by molar-refractivity contribution is -0.137. The average molecular weight is 299 g/mol. The van der Waals surface area contributed by atoms with E-state index >= 15 is 0 Å². The summed E-state index contributed by atoms with van der Waals surface area (Å²) < 4.78 is 0. The minimum Gasteiger partial charge on any atom is -0.481 e. The molecule has 0 radical (unpaired) electrons. The van der Waals surface area contributed by atoms with E-state index in [-0.39, 0.29) is 12.5 Å². The van der Waals surface area contributed by atoms with Gasteiger partial charge in [0.25, 0.3) is 0 Å². The third kappa shape index (κ3) is 7.90. The molecule has 1 saturated heterocycles. The molecule has 1 aliphatic rings. The molecule has 0 saturated carbocycles. The van der Waals surface area contributed by atoms with Gasteiger partial charge in [-0.05, 0) is 31.7 Å². The van der Waals surface area contributed by atoms with Gasteiger partial charge in [-0.15, -0.1) is 0 Å². The number of carboxylic acid groups (broad SMARTS) is 1. The Morgan fingerprint density at radius 2 is 2.05 bits per heavy atom. The number of hydrogen-bond acceptors (Lipinski definition) is 3. The van der Waals surface area contributed by atoms with Crippen molar-refractivity contribution in [3.8, 4) is 0 Å². The Morgan fingerprint density at radius 1 is 1.24 bits per heavy atom. The molecule has 3 N–H and O–H groups in total. The van der Waals surface area contributed by atoms with Crippen LogP contribution in [0.25, 0.3) is 0 Å². The summed E-state index contributed by atoms with van der Waals surface area (Å²) in [6.07, 6.45) is 4.85. The van der Waals surface area contributed by atoms with Crippen LogP contribution in [0, 0.1) is 5.92 Å². The van der Waals surface area contributed by atoms with E-state index in [1.54, 1.807) is 0 Å². The lowest BCUT2D eigenvalue weighted by atomic mass is 9.94. The molecule has 1 fully saturated rings. The summed E-state index contributed by atoms with van der Waals surface area (Å²) in [5.74, 6) is -0.352. The minimum atomic E-state index is -0.739. The van der Waals surface area contributed by atoms with E-state index < -0.39 is 5.97 Å². The smallest absolute Gasteiger partial charge is 0.317 e. The van der Waals surface area contributed by atoms with Crippen LogP contribution in [0.4, 0.5) is 4.79 Å². The van der Waals surface area contributed by atoms with E-state index in [4.69, 9.17) is 5.11 Å². The predicted octanol–water partition coefficient (Wildman–Crippen LogP) is 1.66. The summed E-state index contributed by atoms with van der Waals surface area (Å²) in [6.45, 7) is 6.12. The Labute approximate surface area is 127 Å². The molecule has 0 aliphatic carbocycles. The van der Waals surface area contributed by atoms with Gasteiger partial charge < -0.3 is 20.6 Å². The molecule has 1 atom stereocenters. The maximum atomic E-state index is 12.0. The van der Waals surface area contributed by atoms with E-state index in [9.17, 15) is 9.59 Å². The highest BCUT2D eigenvalue weighted by atomic mass is 16.4. The Kier molecular flexibility index (Phi) is 8.82.